The van der Waals surface area contributed by atoms with Crippen LogP contribution in [0.3, 0.4) is 0 Å². The highest BCUT2D eigenvalue weighted by molar-refractivity contribution is 5.83. The number of piperazine rings is 1. The summed E-state index contributed by atoms with van der Waals surface area (Å²) in [5.41, 5.74) is 2.37. The van der Waals surface area contributed by atoms with Gasteiger partial charge in [0.15, 0.2) is 0 Å². The van der Waals surface area contributed by atoms with E-state index in [9.17, 15) is 4.79 Å². The summed E-state index contributed by atoms with van der Waals surface area (Å²) < 4.78 is 0. The van der Waals surface area contributed by atoms with E-state index in [4.69, 9.17) is 0 Å². The molecule has 0 spiro atoms. The van der Waals surface area contributed by atoms with Gasteiger partial charge in [0.2, 0.25) is 5.91 Å². The number of carbonyl (C=O) groups is 1. The van der Waals surface area contributed by atoms with Gasteiger partial charge in [0.25, 0.3) is 0 Å². The molecule has 4 heteroatoms. The lowest BCUT2D eigenvalue weighted by Gasteiger charge is -2.39. The van der Waals surface area contributed by atoms with E-state index in [0.29, 0.717) is 5.91 Å². The van der Waals surface area contributed by atoms with E-state index in [2.05, 4.69) is 53.2 Å². The van der Waals surface area contributed by atoms with E-state index in [1.54, 1.807) is 0 Å². The number of anilines is 1. The average molecular weight is 287 g/mol. The molecule has 21 heavy (non-hydrogen) atoms. The molecule has 2 aliphatic rings. The number of aryl methyl sites for hydroxylation is 1. The van der Waals surface area contributed by atoms with Gasteiger partial charge in [-0.15, -0.1) is 0 Å². The minimum atomic E-state index is -0.189. The predicted octanol–water partition coefficient (Wildman–Crippen LogP) is 1.64. The number of nitrogens with zero attached hydrogens (tertiary/aromatic N) is 2. The molecule has 4 nitrogen and oxygen atoms in total. The molecule has 3 rings (SSSR count). The number of hydrogen-bond acceptors (Lipinski definition) is 3. The second-order valence-electron chi connectivity index (χ2n) is 6.61. The van der Waals surface area contributed by atoms with Crippen molar-refractivity contribution in [2.24, 2.45) is 5.41 Å². The van der Waals surface area contributed by atoms with Crippen LogP contribution >= 0.6 is 0 Å². The molecule has 1 unspecified atom stereocenters. The zero-order valence-corrected chi connectivity index (χ0v) is 13.1. The van der Waals surface area contributed by atoms with Crippen molar-refractivity contribution < 1.29 is 4.79 Å². The number of nitrogens with one attached hydrogen (secondary N) is 1. The van der Waals surface area contributed by atoms with Gasteiger partial charge in [-0.2, -0.15) is 0 Å². The minimum absolute atomic E-state index is 0.189. The molecule has 2 fully saturated rings. The first-order valence-corrected chi connectivity index (χ1v) is 7.90. The maximum absolute atomic E-state index is 12.7. The highest BCUT2D eigenvalue weighted by Gasteiger charge is 2.39. The van der Waals surface area contributed by atoms with Crippen molar-refractivity contribution in [3.8, 4) is 0 Å². The van der Waals surface area contributed by atoms with Gasteiger partial charge in [0.05, 0.1) is 5.41 Å². The molecule has 0 radical (unpaired) electrons. The van der Waals surface area contributed by atoms with Crippen LogP contribution in [0.15, 0.2) is 24.3 Å². The summed E-state index contributed by atoms with van der Waals surface area (Å²) >= 11 is 0. The first-order chi connectivity index (χ1) is 10.1. The van der Waals surface area contributed by atoms with Gasteiger partial charge >= 0.3 is 0 Å². The molecule has 0 saturated carbocycles. The number of amides is 1. The summed E-state index contributed by atoms with van der Waals surface area (Å²) in [6, 6.07) is 8.61. The molecule has 0 aliphatic carbocycles. The molecular formula is C17H25N3O. The topological polar surface area (TPSA) is 35.6 Å². The van der Waals surface area contributed by atoms with Crippen LogP contribution in [0, 0.1) is 12.3 Å². The third kappa shape index (κ3) is 2.91. The van der Waals surface area contributed by atoms with Gasteiger partial charge < -0.3 is 15.1 Å². The van der Waals surface area contributed by atoms with Crippen LogP contribution in [0.1, 0.15) is 18.9 Å². The maximum atomic E-state index is 12.7. The molecule has 1 aromatic carbocycles. The molecule has 1 aromatic rings. The first-order valence-electron chi connectivity index (χ1n) is 7.90. The van der Waals surface area contributed by atoms with Gasteiger partial charge in [0.1, 0.15) is 0 Å². The van der Waals surface area contributed by atoms with E-state index >= 15 is 0 Å². The van der Waals surface area contributed by atoms with E-state index < -0.39 is 0 Å². The summed E-state index contributed by atoms with van der Waals surface area (Å²) in [5.74, 6) is 0.330. The Labute approximate surface area is 127 Å². The maximum Gasteiger partial charge on any atom is 0.229 e. The third-order valence-electron chi connectivity index (χ3n) is 4.82. The fraction of sp³-hybridized carbons (Fsp3) is 0.588. The third-order valence-corrected chi connectivity index (χ3v) is 4.82. The van der Waals surface area contributed by atoms with Crippen LogP contribution in [0.25, 0.3) is 0 Å². The Morgan fingerprint density at radius 2 is 2.00 bits per heavy atom. The molecule has 2 saturated heterocycles. The molecule has 1 amide bonds. The lowest BCUT2D eigenvalue weighted by atomic mass is 9.88. The molecule has 0 aromatic heterocycles. The standard InChI is InChI=1S/C17H25N3O/c1-14-4-3-5-15(12-14)19-8-10-20(11-9-19)16(21)17(2)6-7-18-13-17/h3-5,12,18H,6-11,13H2,1-2H3. The van der Waals surface area contributed by atoms with Crippen molar-refractivity contribution in [1.29, 1.82) is 0 Å². The average Bonchev–Trinajstić information content (AvgIpc) is 2.95. The first kappa shape index (κ1) is 14.4. The number of carbonyl (C=O) groups excluding carboxylic acids is 1. The minimum Gasteiger partial charge on any atom is -0.368 e. The fourth-order valence-electron chi connectivity index (χ4n) is 3.37. The van der Waals surface area contributed by atoms with E-state index in [-0.39, 0.29) is 5.41 Å². The predicted molar refractivity (Wildman–Crippen MR) is 85.6 cm³/mol. The van der Waals surface area contributed by atoms with Crippen LogP contribution in [0.2, 0.25) is 0 Å². The second kappa shape index (κ2) is 5.68. The van der Waals surface area contributed by atoms with Crippen molar-refractivity contribution in [3.05, 3.63) is 29.8 Å². The van der Waals surface area contributed by atoms with Crippen LogP contribution in [-0.2, 0) is 4.79 Å². The van der Waals surface area contributed by atoms with Gasteiger partial charge in [-0.25, -0.2) is 0 Å². The number of benzene rings is 1. The molecule has 2 heterocycles. The Bertz CT molecular complexity index is 515. The van der Waals surface area contributed by atoms with Gasteiger partial charge in [0, 0.05) is 38.4 Å². The Morgan fingerprint density at radius 1 is 1.24 bits per heavy atom. The van der Waals surface area contributed by atoms with Crippen molar-refractivity contribution in [2.75, 3.05) is 44.2 Å². The Hall–Kier alpha value is -1.55. The summed E-state index contributed by atoms with van der Waals surface area (Å²) in [4.78, 5) is 17.1. The zero-order chi connectivity index (χ0) is 14.9. The Morgan fingerprint density at radius 3 is 2.62 bits per heavy atom. The van der Waals surface area contributed by atoms with E-state index in [0.717, 1.165) is 45.7 Å². The zero-order valence-electron chi connectivity index (χ0n) is 13.1. The number of hydrogen-bond donors (Lipinski definition) is 1. The molecular weight excluding hydrogens is 262 g/mol. The van der Waals surface area contributed by atoms with Gasteiger partial charge in [-0.05, 0) is 44.5 Å². The van der Waals surface area contributed by atoms with Crippen molar-refractivity contribution in [1.82, 2.24) is 10.2 Å². The monoisotopic (exact) mass is 287 g/mol. The highest BCUT2D eigenvalue weighted by atomic mass is 16.2. The van der Waals surface area contributed by atoms with E-state index in [1.807, 2.05) is 0 Å². The van der Waals surface area contributed by atoms with Crippen molar-refractivity contribution in [3.63, 3.8) is 0 Å². The summed E-state index contributed by atoms with van der Waals surface area (Å²) in [5, 5.41) is 3.32. The second-order valence-corrected chi connectivity index (χ2v) is 6.61. The van der Waals surface area contributed by atoms with Crippen molar-refractivity contribution >= 4 is 11.6 Å². The lowest BCUT2D eigenvalue weighted by molar-refractivity contribution is -0.140. The quantitative estimate of drug-likeness (QED) is 0.898. The normalized spacial score (nSPS) is 26.2. The molecule has 0 bridgehead atoms. The summed E-state index contributed by atoms with van der Waals surface area (Å²) in [7, 11) is 0. The van der Waals surface area contributed by atoms with Gasteiger partial charge in [-0.1, -0.05) is 12.1 Å². The van der Waals surface area contributed by atoms with Crippen molar-refractivity contribution in [2.45, 2.75) is 20.3 Å². The number of rotatable bonds is 2. The lowest BCUT2D eigenvalue weighted by Crippen LogP contribution is -2.53. The molecule has 2 aliphatic heterocycles. The van der Waals surface area contributed by atoms with Crippen LogP contribution < -0.4 is 10.2 Å². The Kier molecular flexibility index (Phi) is 3.89. The van der Waals surface area contributed by atoms with E-state index in [1.165, 1.54) is 11.3 Å². The molecule has 114 valence electrons. The highest BCUT2D eigenvalue weighted by Crippen LogP contribution is 2.28. The van der Waals surface area contributed by atoms with Crippen LogP contribution in [0.4, 0.5) is 5.69 Å². The van der Waals surface area contributed by atoms with Gasteiger partial charge in [-0.3, -0.25) is 4.79 Å². The fourth-order valence-corrected chi connectivity index (χ4v) is 3.37. The largest absolute Gasteiger partial charge is 0.368 e. The molecule has 1 atom stereocenters. The summed E-state index contributed by atoms with van der Waals surface area (Å²) in [6.07, 6.45) is 0.962. The Balaban J connectivity index is 1.61. The summed E-state index contributed by atoms with van der Waals surface area (Å²) in [6.45, 7) is 9.54. The SMILES string of the molecule is Cc1cccc(N2CCN(C(=O)C3(C)CCNC3)CC2)c1. The van der Waals surface area contributed by atoms with Crippen LogP contribution in [-0.4, -0.2) is 50.1 Å². The molecule has 1 N–H and O–H groups in total. The smallest absolute Gasteiger partial charge is 0.229 e. The van der Waals surface area contributed by atoms with Crippen LogP contribution in [0.5, 0.6) is 0 Å².